The van der Waals surface area contributed by atoms with E-state index in [0.717, 1.165) is 50.8 Å². The molecular weight excluding hydrogens is 442 g/mol. The molecule has 7 nitrogen and oxygen atoms in total. The highest BCUT2D eigenvalue weighted by Gasteiger charge is 2.30. The fourth-order valence-electron chi connectivity index (χ4n) is 4.81. The molecule has 2 aliphatic rings. The van der Waals surface area contributed by atoms with Crippen molar-refractivity contribution in [2.45, 2.75) is 63.8 Å². The highest BCUT2D eigenvalue weighted by molar-refractivity contribution is 5.85. The number of likely N-dealkylation sites (tertiary alicyclic amines) is 1. The van der Waals surface area contributed by atoms with Crippen LogP contribution in [0.15, 0.2) is 30.3 Å². The number of carbonyl (C=O) groups is 3. The van der Waals surface area contributed by atoms with Gasteiger partial charge in [0, 0.05) is 25.6 Å². The van der Waals surface area contributed by atoms with E-state index < -0.39 is 12.0 Å². The first kappa shape index (κ1) is 27.1. The second-order valence-electron chi connectivity index (χ2n) is 9.24. The van der Waals surface area contributed by atoms with Gasteiger partial charge in [-0.3, -0.25) is 14.4 Å². The molecule has 2 heterocycles. The standard InChI is InChI=1S/C25H37N3O4.ClH/c29-23(11-9-20-12-14-26-15-13-20)28-16-4-7-21(18-28)25(32)27-22(17-24(30)31)10-8-19-5-2-1-3-6-19;/h1-3,5-6,20-22,26H,4,7-18H2,(H,27,32)(H,30,31);1H/t21-,22?;/m1./s1. The Morgan fingerprint density at radius 3 is 2.55 bits per heavy atom. The molecule has 3 N–H and O–H groups in total. The molecule has 8 heteroatoms. The van der Waals surface area contributed by atoms with Gasteiger partial charge in [-0.2, -0.15) is 0 Å². The molecule has 0 saturated carbocycles. The molecule has 2 fully saturated rings. The lowest BCUT2D eigenvalue weighted by Crippen LogP contribution is -2.48. The molecule has 1 unspecified atom stereocenters. The van der Waals surface area contributed by atoms with Gasteiger partial charge in [0.1, 0.15) is 0 Å². The van der Waals surface area contributed by atoms with Crippen molar-refractivity contribution in [3.8, 4) is 0 Å². The predicted molar refractivity (Wildman–Crippen MR) is 130 cm³/mol. The lowest BCUT2D eigenvalue weighted by Gasteiger charge is -2.33. The highest BCUT2D eigenvalue weighted by Crippen LogP contribution is 2.22. The molecule has 0 bridgehead atoms. The van der Waals surface area contributed by atoms with Gasteiger partial charge in [0.2, 0.25) is 11.8 Å². The summed E-state index contributed by atoms with van der Waals surface area (Å²) in [7, 11) is 0. The predicted octanol–water partition coefficient (Wildman–Crippen LogP) is 3.02. The second kappa shape index (κ2) is 14.2. The van der Waals surface area contributed by atoms with Crippen LogP contribution in [0.25, 0.3) is 0 Å². The molecule has 0 radical (unpaired) electrons. The zero-order valence-corrected chi connectivity index (χ0v) is 20.2. The van der Waals surface area contributed by atoms with Gasteiger partial charge < -0.3 is 20.6 Å². The Kier molecular flexibility index (Phi) is 11.7. The smallest absolute Gasteiger partial charge is 0.305 e. The van der Waals surface area contributed by atoms with E-state index in [2.05, 4.69) is 10.6 Å². The van der Waals surface area contributed by atoms with Gasteiger partial charge in [-0.15, -0.1) is 12.4 Å². The topological polar surface area (TPSA) is 98.7 Å². The zero-order valence-electron chi connectivity index (χ0n) is 19.3. The Hall–Kier alpha value is -2.12. The van der Waals surface area contributed by atoms with Crippen LogP contribution in [-0.2, 0) is 20.8 Å². The van der Waals surface area contributed by atoms with E-state index in [9.17, 15) is 19.5 Å². The molecule has 0 aromatic heterocycles. The van der Waals surface area contributed by atoms with Crippen LogP contribution in [0.1, 0.15) is 56.9 Å². The zero-order chi connectivity index (χ0) is 22.8. The number of carbonyl (C=O) groups excluding carboxylic acids is 2. The van der Waals surface area contributed by atoms with Crippen molar-refractivity contribution in [3.05, 3.63) is 35.9 Å². The normalized spacial score (nSPS) is 19.9. The number of aliphatic carboxylic acids is 1. The summed E-state index contributed by atoms with van der Waals surface area (Å²) in [6, 6.07) is 9.47. The average molecular weight is 480 g/mol. The first-order valence-corrected chi connectivity index (χ1v) is 12.1. The maximum absolute atomic E-state index is 12.9. The number of carboxylic acid groups (broad SMARTS) is 1. The molecule has 2 aliphatic heterocycles. The van der Waals surface area contributed by atoms with Crippen molar-refractivity contribution in [1.29, 1.82) is 0 Å². The van der Waals surface area contributed by atoms with Crippen LogP contribution in [-0.4, -0.2) is 60.0 Å². The SMILES string of the molecule is Cl.O=C(O)CC(CCc1ccccc1)NC(=O)[C@@H]1CCCN(C(=O)CCC2CCNCC2)C1. The third-order valence-corrected chi connectivity index (χ3v) is 6.76. The van der Waals surface area contributed by atoms with Gasteiger partial charge >= 0.3 is 5.97 Å². The van der Waals surface area contributed by atoms with Gasteiger partial charge in [-0.1, -0.05) is 30.3 Å². The number of carboxylic acids is 1. The number of piperidine rings is 2. The van der Waals surface area contributed by atoms with Crippen molar-refractivity contribution in [1.82, 2.24) is 15.5 Å². The Morgan fingerprint density at radius 2 is 1.85 bits per heavy atom. The van der Waals surface area contributed by atoms with E-state index in [1.807, 2.05) is 35.2 Å². The average Bonchev–Trinajstić information content (AvgIpc) is 2.82. The molecule has 3 rings (SSSR count). The molecule has 33 heavy (non-hydrogen) atoms. The third-order valence-electron chi connectivity index (χ3n) is 6.76. The largest absolute Gasteiger partial charge is 0.481 e. The van der Waals surface area contributed by atoms with Crippen LogP contribution in [0.4, 0.5) is 0 Å². The molecule has 0 spiro atoms. The van der Waals surface area contributed by atoms with Crippen molar-refractivity contribution in [3.63, 3.8) is 0 Å². The summed E-state index contributed by atoms with van der Waals surface area (Å²) in [5, 5.41) is 15.6. The van der Waals surface area contributed by atoms with Gasteiger partial charge in [0.15, 0.2) is 0 Å². The number of rotatable bonds is 10. The van der Waals surface area contributed by atoms with Gasteiger partial charge in [0.25, 0.3) is 0 Å². The maximum atomic E-state index is 12.9. The lowest BCUT2D eigenvalue weighted by molar-refractivity contribution is -0.138. The quantitative estimate of drug-likeness (QED) is 0.479. The Bertz CT molecular complexity index is 755. The molecule has 184 valence electrons. The Labute approximate surface area is 203 Å². The Morgan fingerprint density at radius 1 is 1.12 bits per heavy atom. The summed E-state index contributed by atoms with van der Waals surface area (Å²) < 4.78 is 0. The van der Waals surface area contributed by atoms with Crippen LogP contribution >= 0.6 is 12.4 Å². The number of nitrogens with one attached hydrogen (secondary N) is 2. The van der Waals surface area contributed by atoms with Crippen LogP contribution in [0.3, 0.4) is 0 Å². The number of hydrogen-bond acceptors (Lipinski definition) is 4. The lowest BCUT2D eigenvalue weighted by atomic mass is 9.92. The molecule has 1 aromatic carbocycles. The molecule has 2 amide bonds. The summed E-state index contributed by atoms with van der Waals surface area (Å²) in [6.45, 7) is 3.22. The van der Waals surface area contributed by atoms with E-state index in [1.54, 1.807) is 0 Å². The van der Waals surface area contributed by atoms with Gasteiger partial charge in [-0.05, 0) is 69.5 Å². The molecule has 0 aliphatic carbocycles. The molecule has 1 aromatic rings. The first-order chi connectivity index (χ1) is 15.5. The number of nitrogens with zero attached hydrogens (tertiary/aromatic N) is 1. The number of hydrogen-bond donors (Lipinski definition) is 3. The summed E-state index contributed by atoms with van der Waals surface area (Å²) in [5.74, 6) is -0.542. The van der Waals surface area contributed by atoms with Crippen molar-refractivity contribution in [2.24, 2.45) is 11.8 Å². The van der Waals surface area contributed by atoms with E-state index >= 15 is 0 Å². The summed E-state index contributed by atoms with van der Waals surface area (Å²) >= 11 is 0. The van der Waals surface area contributed by atoms with Crippen molar-refractivity contribution >= 4 is 30.2 Å². The minimum atomic E-state index is -0.915. The van der Waals surface area contributed by atoms with E-state index in [1.165, 1.54) is 0 Å². The Balaban J connectivity index is 0.00000385. The van der Waals surface area contributed by atoms with Crippen LogP contribution in [0, 0.1) is 11.8 Å². The summed E-state index contributed by atoms with van der Waals surface area (Å²) in [6.07, 6.45) is 6.49. The molecule has 2 atom stereocenters. The van der Waals surface area contributed by atoms with E-state index in [0.29, 0.717) is 38.3 Å². The number of amides is 2. The molecule has 2 saturated heterocycles. The summed E-state index contributed by atoms with van der Waals surface area (Å²) in [5.41, 5.74) is 1.13. The summed E-state index contributed by atoms with van der Waals surface area (Å²) in [4.78, 5) is 38.8. The monoisotopic (exact) mass is 479 g/mol. The van der Waals surface area contributed by atoms with E-state index in [4.69, 9.17) is 0 Å². The van der Waals surface area contributed by atoms with Crippen LogP contribution in [0.2, 0.25) is 0 Å². The first-order valence-electron chi connectivity index (χ1n) is 12.1. The van der Waals surface area contributed by atoms with Crippen LogP contribution < -0.4 is 10.6 Å². The highest BCUT2D eigenvalue weighted by atomic mass is 35.5. The third kappa shape index (κ3) is 9.33. The van der Waals surface area contributed by atoms with E-state index in [-0.39, 0.29) is 36.6 Å². The number of aryl methyl sites for hydroxylation is 1. The van der Waals surface area contributed by atoms with Crippen molar-refractivity contribution in [2.75, 3.05) is 26.2 Å². The minimum absolute atomic E-state index is 0. The van der Waals surface area contributed by atoms with Gasteiger partial charge in [-0.25, -0.2) is 0 Å². The maximum Gasteiger partial charge on any atom is 0.305 e. The second-order valence-corrected chi connectivity index (χ2v) is 9.24. The number of benzene rings is 1. The van der Waals surface area contributed by atoms with Crippen molar-refractivity contribution < 1.29 is 19.5 Å². The fourth-order valence-corrected chi connectivity index (χ4v) is 4.81. The van der Waals surface area contributed by atoms with Gasteiger partial charge in [0.05, 0.1) is 12.3 Å². The minimum Gasteiger partial charge on any atom is -0.481 e. The van der Waals surface area contributed by atoms with Crippen LogP contribution in [0.5, 0.6) is 0 Å². The molecular formula is C25H38ClN3O4. The fraction of sp³-hybridized carbons (Fsp3) is 0.640. The number of halogens is 1.